The van der Waals surface area contributed by atoms with Crippen LogP contribution in [0.2, 0.25) is 0 Å². The summed E-state index contributed by atoms with van der Waals surface area (Å²) in [4.78, 5) is 19.7. The first-order valence-corrected chi connectivity index (χ1v) is 14.8. The van der Waals surface area contributed by atoms with E-state index >= 15 is 0 Å². The van der Waals surface area contributed by atoms with Gasteiger partial charge in [-0.3, -0.25) is 9.78 Å². The average molecular weight is 583 g/mol. The van der Waals surface area contributed by atoms with Gasteiger partial charge in [-0.05, 0) is 79.1 Å². The minimum Gasteiger partial charge on any atom is -0.497 e. The van der Waals surface area contributed by atoms with Crippen LogP contribution >= 0.6 is 0 Å². The molecule has 0 radical (unpaired) electrons. The Hall–Kier alpha value is -4.30. The number of pyridine rings is 1. The van der Waals surface area contributed by atoms with E-state index in [0.717, 1.165) is 76.7 Å². The largest absolute Gasteiger partial charge is 0.497 e. The van der Waals surface area contributed by atoms with Crippen LogP contribution in [0.1, 0.15) is 46.8 Å². The number of para-hydroxylation sites is 1. The van der Waals surface area contributed by atoms with E-state index in [2.05, 4.69) is 5.32 Å². The number of hydrogen-bond donors (Lipinski definition) is 1. The van der Waals surface area contributed by atoms with E-state index in [4.69, 9.17) is 28.7 Å². The summed E-state index contributed by atoms with van der Waals surface area (Å²) in [7, 11) is 6.48. The van der Waals surface area contributed by atoms with Gasteiger partial charge < -0.3 is 29.0 Å². The van der Waals surface area contributed by atoms with Crippen molar-refractivity contribution < 1.29 is 28.5 Å². The van der Waals surface area contributed by atoms with Crippen molar-refractivity contribution in [2.75, 3.05) is 35.0 Å². The Labute approximate surface area is 252 Å². The predicted octanol–water partition coefficient (Wildman–Crippen LogP) is 5.59. The van der Waals surface area contributed by atoms with E-state index in [0.29, 0.717) is 36.0 Å². The first-order chi connectivity index (χ1) is 21.0. The molecule has 2 atom stereocenters. The number of rotatable bonds is 10. The fraction of sp³-hybridized carbons (Fsp3) is 0.371. The molecule has 3 aromatic carbocycles. The molecule has 8 heteroatoms. The second-order valence-electron chi connectivity index (χ2n) is 11.0. The van der Waals surface area contributed by atoms with Crippen molar-refractivity contribution >= 4 is 16.7 Å². The lowest BCUT2D eigenvalue weighted by atomic mass is 9.88. The van der Waals surface area contributed by atoms with Gasteiger partial charge >= 0.3 is 0 Å². The lowest BCUT2D eigenvalue weighted by molar-refractivity contribution is -0.128. The lowest BCUT2D eigenvalue weighted by Crippen LogP contribution is -2.43. The van der Waals surface area contributed by atoms with Crippen molar-refractivity contribution in [1.82, 2.24) is 10.3 Å². The average Bonchev–Trinajstić information content (AvgIpc) is 3.06. The minimum atomic E-state index is -0.810. The van der Waals surface area contributed by atoms with Gasteiger partial charge in [-0.1, -0.05) is 18.2 Å². The maximum atomic E-state index is 14.7. The highest BCUT2D eigenvalue weighted by atomic mass is 16.5. The van der Waals surface area contributed by atoms with Gasteiger partial charge in [0.1, 0.15) is 17.2 Å². The molecule has 2 heterocycles. The highest BCUT2D eigenvalue weighted by Crippen LogP contribution is 2.39. The number of aromatic nitrogens is 1. The summed E-state index contributed by atoms with van der Waals surface area (Å²) in [6.45, 7) is 0.658. The minimum absolute atomic E-state index is 0.0588. The number of aryl methyl sites for hydroxylation is 1. The van der Waals surface area contributed by atoms with Crippen molar-refractivity contribution in [2.45, 2.75) is 50.7 Å². The predicted molar refractivity (Wildman–Crippen MR) is 165 cm³/mol. The molecule has 2 unspecified atom stereocenters. The number of Topliss-reactive ketones (excluding diaryl/α,β-unsaturated/α-hetero) is 1. The highest BCUT2D eigenvalue weighted by Gasteiger charge is 2.35. The standard InChI is InChI=1S/C35H38N2O6/c1-39-23-14-13-22(29(19-23)40-2)18-32(34(38)33-26-20-31(42-4)30(41-3)17-21(26)15-16-36-33)43-35-24-9-5-7-11-27(24)37-28-12-8-6-10-25(28)35/h5,7,9,11,13-14,17,19-20,32-33,36H,6,8,10,12,15-16,18H2,1-4H3. The zero-order chi connectivity index (χ0) is 29.9. The van der Waals surface area contributed by atoms with Gasteiger partial charge in [0.2, 0.25) is 0 Å². The SMILES string of the molecule is COc1ccc(CC(Oc2c3c(nc4ccccc24)CCCC3)C(=O)C2NCCc3cc(OC)c(OC)cc32)c(OC)c1. The summed E-state index contributed by atoms with van der Waals surface area (Å²) in [5.41, 5.74) is 5.84. The van der Waals surface area contributed by atoms with E-state index in [9.17, 15) is 4.79 Å². The zero-order valence-corrected chi connectivity index (χ0v) is 25.2. The zero-order valence-electron chi connectivity index (χ0n) is 25.2. The summed E-state index contributed by atoms with van der Waals surface area (Å²) in [6, 6.07) is 17.0. The fourth-order valence-electron chi connectivity index (χ4n) is 6.35. The second kappa shape index (κ2) is 12.5. The molecular weight excluding hydrogens is 544 g/mol. The van der Waals surface area contributed by atoms with Crippen LogP contribution < -0.4 is 29.0 Å². The van der Waals surface area contributed by atoms with E-state index < -0.39 is 12.1 Å². The molecule has 8 nitrogen and oxygen atoms in total. The fourth-order valence-corrected chi connectivity index (χ4v) is 6.35. The number of hydrogen-bond acceptors (Lipinski definition) is 8. The van der Waals surface area contributed by atoms with Crippen molar-refractivity contribution in [3.8, 4) is 28.7 Å². The van der Waals surface area contributed by atoms with Crippen LogP contribution in [0.5, 0.6) is 28.7 Å². The molecule has 43 heavy (non-hydrogen) atoms. The summed E-state index contributed by atoms with van der Waals surface area (Å²) in [5, 5.41) is 4.40. The maximum Gasteiger partial charge on any atom is 0.194 e. The quantitative estimate of drug-likeness (QED) is 0.259. The molecule has 1 aliphatic carbocycles. The first kappa shape index (κ1) is 28.8. The number of carbonyl (C=O) groups excluding carboxylic acids is 1. The van der Waals surface area contributed by atoms with Crippen LogP contribution in [0.25, 0.3) is 10.9 Å². The number of ether oxygens (including phenoxy) is 5. The Morgan fingerprint density at radius 3 is 2.44 bits per heavy atom. The Morgan fingerprint density at radius 2 is 1.65 bits per heavy atom. The van der Waals surface area contributed by atoms with E-state index in [1.165, 1.54) is 0 Å². The van der Waals surface area contributed by atoms with Gasteiger partial charge in [0.25, 0.3) is 0 Å². The van der Waals surface area contributed by atoms with Gasteiger partial charge in [0.15, 0.2) is 23.4 Å². The first-order valence-electron chi connectivity index (χ1n) is 14.8. The summed E-state index contributed by atoms with van der Waals surface area (Å²) in [5.74, 6) is 3.27. The van der Waals surface area contributed by atoms with E-state index in [-0.39, 0.29) is 5.78 Å². The van der Waals surface area contributed by atoms with Crippen LogP contribution in [0.4, 0.5) is 0 Å². The molecule has 4 aromatic rings. The number of fused-ring (bicyclic) bond motifs is 3. The highest BCUT2D eigenvalue weighted by molar-refractivity contribution is 5.92. The number of ketones is 1. The van der Waals surface area contributed by atoms with Gasteiger partial charge in [0.05, 0.1) is 40.0 Å². The molecule has 2 aliphatic rings. The van der Waals surface area contributed by atoms with Gasteiger partial charge in [-0.25, -0.2) is 0 Å². The van der Waals surface area contributed by atoms with Gasteiger partial charge in [0, 0.05) is 35.7 Å². The van der Waals surface area contributed by atoms with Crippen molar-refractivity contribution in [2.24, 2.45) is 0 Å². The van der Waals surface area contributed by atoms with Crippen LogP contribution in [-0.2, 0) is 30.5 Å². The molecule has 0 spiro atoms. The Morgan fingerprint density at radius 1 is 0.884 bits per heavy atom. The number of benzene rings is 3. The number of carbonyl (C=O) groups is 1. The summed E-state index contributed by atoms with van der Waals surface area (Å²) < 4.78 is 29.3. The van der Waals surface area contributed by atoms with Gasteiger partial charge in [-0.2, -0.15) is 0 Å². The van der Waals surface area contributed by atoms with E-state index in [1.54, 1.807) is 28.4 Å². The van der Waals surface area contributed by atoms with Crippen molar-refractivity contribution in [3.05, 3.63) is 82.5 Å². The molecular formula is C35H38N2O6. The molecule has 1 N–H and O–H groups in total. The number of nitrogens with one attached hydrogen (secondary N) is 1. The monoisotopic (exact) mass is 582 g/mol. The van der Waals surface area contributed by atoms with Crippen LogP contribution in [0.3, 0.4) is 0 Å². The normalized spacial score (nSPS) is 16.5. The topological polar surface area (TPSA) is 88.1 Å². The molecule has 0 bridgehead atoms. The molecule has 1 aliphatic heterocycles. The molecule has 224 valence electrons. The van der Waals surface area contributed by atoms with Crippen LogP contribution in [0.15, 0.2) is 54.6 Å². The number of methoxy groups -OCH3 is 4. The molecule has 1 aromatic heterocycles. The van der Waals surface area contributed by atoms with Crippen LogP contribution in [0, 0.1) is 0 Å². The maximum absolute atomic E-state index is 14.7. The molecule has 0 saturated heterocycles. The summed E-state index contributed by atoms with van der Waals surface area (Å²) in [6.07, 6.45) is 4.22. The van der Waals surface area contributed by atoms with Crippen molar-refractivity contribution in [3.63, 3.8) is 0 Å². The molecule has 0 amide bonds. The molecule has 0 fully saturated rings. The number of nitrogens with zero attached hydrogens (tertiary/aromatic N) is 1. The Kier molecular flexibility index (Phi) is 8.38. The van der Waals surface area contributed by atoms with Crippen molar-refractivity contribution in [1.29, 1.82) is 0 Å². The third-order valence-corrected chi connectivity index (χ3v) is 8.58. The smallest absolute Gasteiger partial charge is 0.194 e. The summed E-state index contributed by atoms with van der Waals surface area (Å²) >= 11 is 0. The molecule has 6 rings (SSSR count). The lowest BCUT2D eigenvalue weighted by Gasteiger charge is -2.31. The third-order valence-electron chi connectivity index (χ3n) is 8.58. The Bertz CT molecular complexity index is 1650. The Balaban J connectivity index is 1.46. The second-order valence-corrected chi connectivity index (χ2v) is 11.0. The van der Waals surface area contributed by atoms with Crippen LogP contribution in [-0.4, -0.2) is 51.9 Å². The molecule has 0 saturated carbocycles. The third kappa shape index (κ3) is 5.59. The van der Waals surface area contributed by atoms with E-state index in [1.807, 2.05) is 54.6 Å². The van der Waals surface area contributed by atoms with Gasteiger partial charge in [-0.15, -0.1) is 0 Å².